The molecule has 4 heteroatoms. The van der Waals surface area contributed by atoms with Crippen LogP contribution in [0.4, 0.5) is 4.39 Å². The fourth-order valence-corrected chi connectivity index (χ4v) is 2.98. The maximum atomic E-state index is 13.2. The molecule has 2 aromatic rings. The summed E-state index contributed by atoms with van der Waals surface area (Å²) < 4.78 is 13.7. The van der Waals surface area contributed by atoms with E-state index in [0.29, 0.717) is 4.47 Å². The van der Waals surface area contributed by atoms with E-state index in [0.717, 1.165) is 12.1 Å². The Morgan fingerprint density at radius 3 is 2.78 bits per heavy atom. The zero-order valence-corrected chi connectivity index (χ0v) is 12.7. The Balaban J connectivity index is 2.01. The number of benzene rings is 1. The molecule has 2 rings (SSSR count). The molecule has 0 bridgehead atoms. The van der Waals surface area contributed by atoms with E-state index in [-0.39, 0.29) is 11.9 Å². The number of aryl methyl sites for hydroxylation is 1. The second-order valence-corrected chi connectivity index (χ2v) is 5.95. The highest BCUT2D eigenvalue weighted by Crippen LogP contribution is 2.22. The van der Waals surface area contributed by atoms with Gasteiger partial charge in [-0.25, -0.2) is 4.39 Å². The first-order valence-electron chi connectivity index (χ1n) is 5.78. The third kappa shape index (κ3) is 3.19. The molecule has 18 heavy (non-hydrogen) atoms. The van der Waals surface area contributed by atoms with E-state index in [4.69, 9.17) is 0 Å². The van der Waals surface area contributed by atoms with E-state index >= 15 is 0 Å². The Hall–Kier alpha value is -0.710. The smallest absolute Gasteiger partial charge is 0.137 e. The molecule has 96 valence electrons. The van der Waals surface area contributed by atoms with Crippen LogP contribution in [0.5, 0.6) is 0 Å². The molecular formula is C14H15BrFNS. The lowest BCUT2D eigenvalue weighted by Crippen LogP contribution is -2.18. The van der Waals surface area contributed by atoms with Crippen molar-refractivity contribution in [3.05, 3.63) is 55.9 Å². The molecule has 1 N–H and O–H groups in total. The van der Waals surface area contributed by atoms with Crippen LogP contribution in [0.3, 0.4) is 0 Å². The number of rotatable bonds is 4. The van der Waals surface area contributed by atoms with E-state index in [1.165, 1.54) is 17.2 Å². The van der Waals surface area contributed by atoms with E-state index in [2.05, 4.69) is 45.9 Å². The molecule has 0 radical (unpaired) electrons. The minimum Gasteiger partial charge on any atom is -0.306 e. The fraction of sp³-hybridized carbons (Fsp3) is 0.286. The van der Waals surface area contributed by atoms with Crippen molar-refractivity contribution in [1.82, 2.24) is 5.32 Å². The van der Waals surface area contributed by atoms with Gasteiger partial charge in [-0.05, 0) is 69.4 Å². The maximum Gasteiger partial charge on any atom is 0.137 e. The van der Waals surface area contributed by atoms with Gasteiger partial charge in [-0.1, -0.05) is 6.07 Å². The Labute approximate surface area is 119 Å². The molecule has 0 fully saturated rings. The van der Waals surface area contributed by atoms with Crippen molar-refractivity contribution in [2.45, 2.75) is 26.4 Å². The maximum absolute atomic E-state index is 13.2. The van der Waals surface area contributed by atoms with Gasteiger partial charge in [0.2, 0.25) is 0 Å². The van der Waals surface area contributed by atoms with Crippen molar-refractivity contribution in [3.8, 4) is 0 Å². The summed E-state index contributed by atoms with van der Waals surface area (Å²) in [6, 6.07) is 5.33. The first kappa shape index (κ1) is 13.7. The highest BCUT2D eigenvalue weighted by atomic mass is 79.9. The highest BCUT2D eigenvalue weighted by Gasteiger charge is 2.08. The first-order chi connectivity index (χ1) is 8.58. The predicted molar refractivity (Wildman–Crippen MR) is 78.4 cm³/mol. The van der Waals surface area contributed by atoms with Crippen molar-refractivity contribution in [3.63, 3.8) is 0 Å². The standard InChI is InChI=1S/C14H15BrFNS/c1-9-7-18-8-12(9)6-17-10(2)11-3-4-14(16)13(15)5-11/h3-5,7-8,10,17H,6H2,1-2H3. The van der Waals surface area contributed by atoms with Crippen LogP contribution in [-0.2, 0) is 6.54 Å². The summed E-state index contributed by atoms with van der Waals surface area (Å²) in [6.07, 6.45) is 0. The Kier molecular flexibility index (Phi) is 4.54. The van der Waals surface area contributed by atoms with Crippen LogP contribution in [0.15, 0.2) is 33.4 Å². The van der Waals surface area contributed by atoms with Gasteiger partial charge in [0.15, 0.2) is 0 Å². The van der Waals surface area contributed by atoms with Gasteiger partial charge in [-0.15, -0.1) is 0 Å². The lowest BCUT2D eigenvalue weighted by Gasteiger charge is -2.14. The van der Waals surface area contributed by atoms with Crippen LogP contribution in [0.2, 0.25) is 0 Å². The Bertz CT molecular complexity index is 538. The number of halogens is 2. The van der Waals surface area contributed by atoms with Gasteiger partial charge in [0.1, 0.15) is 5.82 Å². The summed E-state index contributed by atoms with van der Waals surface area (Å²) in [5.74, 6) is -0.223. The monoisotopic (exact) mass is 327 g/mol. The summed E-state index contributed by atoms with van der Waals surface area (Å²) in [6.45, 7) is 5.04. The largest absolute Gasteiger partial charge is 0.306 e. The average Bonchev–Trinajstić information content (AvgIpc) is 2.75. The van der Waals surface area contributed by atoms with Crippen LogP contribution in [0, 0.1) is 12.7 Å². The molecule has 0 spiro atoms. The van der Waals surface area contributed by atoms with Gasteiger partial charge in [0.05, 0.1) is 4.47 Å². The lowest BCUT2D eigenvalue weighted by molar-refractivity contribution is 0.569. The molecular weight excluding hydrogens is 313 g/mol. The number of nitrogens with one attached hydrogen (secondary N) is 1. The van der Waals surface area contributed by atoms with Gasteiger partial charge in [0.25, 0.3) is 0 Å². The number of thiophene rings is 1. The molecule has 1 unspecified atom stereocenters. The molecule has 0 aliphatic heterocycles. The zero-order valence-electron chi connectivity index (χ0n) is 10.3. The summed E-state index contributed by atoms with van der Waals surface area (Å²) in [4.78, 5) is 0. The third-order valence-electron chi connectivity index (χ3n) is 3.00. The van der Waals surface area contributed by atoms with Gasteiger partial charge < -0.3 is 5.32 Å². The van der Waals surface area contributed by atoms with Crippen LogP contribution >= 0.6 is 27.3 Å². The van der Waals surface area contributed by atoms with Gasteiger partial charge in [-0.2, -0.15) is 11.3 Å². The quantitative estimate of drug-likeness (QED) is 0.849. The second-order valence-electron chi connectivity index (χ2n) is 4.36. The summed E-state index contributed by atoms with van der Waals surface area (Å²) in [5, 5.41) is 7.76. The molecule has 0 saturated carbocycles. The summed E-state index contributed by atoms with van der Waals surface area (Å²) >= 11 is 4.94. The van der Waals surface area contributed by atoms with Crippen molar-refractivity contribution in [2.75, 3.05) is 0 Å². The van der Waals surface area contributed by atoms with Crippen LogP contribution in [0.1, 0.15) is 29.7 Å². The third-order valence-corrected chi connectivity index (χ3v) is 4.52. The Morgan fingerprint density at radius 2 is 2.17 bits per heavy atom. The normalized spacial score (nSPS) is 12.7. The van der Waals surface area contributed by atoms with Crippen molar-refractivity contribution in [2.24, 2.45) is 0 Å². The minimum absolute atomic E-state index is 0.196. The van der Waals surface area contributed by atoms with E-state index in [1.54, 1.807) is 11.3 Å². The second kappa shape index (κ2) is 5.95. The predicted octanol–water partition coefficient (Wildman–Crippen LogP) is 4.81. The van der Waals surface area contributed by atoms with Crippen molar-refractivity contribution in [1.29, 1.82) is 0 Å². The summed E-state index contributed by atoms with van der Waals surface area (Å²) in [5.41, 5.74) is 3.73. The van der Waals surface area contributed by atoms with Crippen molar-refractivity contribution >= 4 is 27.3 Å². The average molecular weight is 328 g/mol. The fourth-order valence-electron chi connectivity index (χ4n) is 1.73. The molecule has 1 nitrogen and oxygen atoms in total. The molecule has 0 amide bonds. The molecule has 1 heterocycles. The number of hydrogen-bond donors (Lipinski definition) is 1. The molecule has 1 aromatic carbocycles. The lowest BCUT2D eigenvalue weighted by atomic mass is 10.1. The summed E-state index contributed by atoms with van der Waals surface area (Å²) in [7, 11) is 0. The van der Waals surface area contributed by atoms with Gasteiger partial charge in [0, 0.05) is 12.6 Å². The first-order valence-corrected chi connectivity index (χ1v) is 7.51. The molecule has 0 saturated heterocycles. The van der Waals surface area contributed by atoms with Crippen LogP contribution in [-0.4, -0.2) is 0 Å². The number of hydrogen-bond acceptors (Lipinski definition) is 2. The van der Waals surface area contributed by atoms with Gasteiger partial charge >= 0.3 is 0 Å². The van der Waals surface area contributed by atoms with Crippen molar-refractivity contribution < 1.29 is 4.39 Å². The van der Waals surface area contributed by atoms with Crippen LogP contribution < -0.4 is 5.32 Å². The van der Waals surface area contributed by atoms with E-state index in [9.17, 15) is 4.39 Å². The molecule has 1 aromatic heterocycles. The highest BCUT2D eigenvalue weighted by molar-refractivity contribution is 9.10. The molecule has 0 aliphatic carbocycles. The topological polar surface area (TPSA) is 12.0 Å². The zero-order chi connectivity index (χ0) is 13.1. The van der Waals surface area contributed by atoms with Gasteiger partial charge in [-0.3, -0.25) is 0 Å². The SMILES string of the molecule is Cc1cscc1CNC(C)c1ccc(F)c(Br)c1. The minimum atomic E-state index is -0.223. The Morgan fingerprint density at radius 1 is 1.39 bits per heavy atom. The molecule has 1 atom stereocenters. The molecule has 0 aliphatic rings. The van der Waals surface area contributed by atoms with E-state index < -0.39 is 0 Å². The van der Waals surface area contributed by atoms with Crippen LogP contribution in [0.25, 0.3) is 0 Å². The van der Waals surface area contributed by atoms with E-state index in [1.807, 2.05) is 12.1 Å².